The number of carboxylic acid groups (broad SMARTS) is 1. The Morgan fingerprint density at radius 3 is 2.48 bits per heavy atom. The maximum atomic E-state index is 12.2. The Morgan fingerprint density at radius 1 is 1.29 bits per heavy atom. The van der Waals surface area contributed by atoms with E-state index in [9.17, 15) is 9.59 Å². The van der Waals surface area contributed by atoms with E-state index in [0.29, 0.717) is 24.3 Å². The number of aliphatic carboxylic acids is 1. The van der Waals surface area contributed by atoms with Gasteiger partial charge in [-0.2, -0.15) is 0 Å². The van der Waals surface area contributed by atoms with E-state index < -0.39 is 30.1 Å². The van der Waals surface area contributed by atoms with Crippen molar-refractivity contribution in [1.82, 2.24) is 5.32 Å². The van der Waals surface area contributed by atoms with Crippen LogP contribution < -0.4 is 14.8 Å². The number of ether oxygens (including phenoxy) is 2. The fraction of sp³-hybridized carbons (Fsp3) is 0.467. The van der Waals surface area contributed by atoms with Crippen LogP contribution in [0.15, 0.2) is 24.3 Å². The SMILES string of the molecule is CCC[C@H](NC(=O)[C@@H]1Oc2ccccc2O[C@@H]1C)C(=O)O. The Kier molecular flexibility index (Phi) is 4.67. The third kappa shape index (κ3) is 3.45. The van der Waals surface area contributed by atoms with E-state index in [2.05, 4.69) is 5.32 Å². The highest BCUT2D eigenvalue weighted by Crippen LogP contribution is 2.33. The van der Waals surface area contributed by atoms with Gasteiger partial charge in [-0.15, -0.1) is 0 Å². The van der Waals surface area contributed by atoms with Gasteiger partial charge in [-0.3, -0.25) is 4.79 Å². The van der Waals surface area contributed by atoms with Crippen molar-refractivity contribution in [2.24, 2.45) is 0 Å². The molecule has 2 rings (SSSR count). The summed E-state index contributed by atoms with van der Waals surface area (Å²) in [7, 11) is 0. The molecule has 6 heteroatoms. The molecule has 0 unspecified atom stereocenters. The van der Waals surface area contributed by atoms with Gasteiger partial charge >= 0.3 is 5.97 Å². The Morgan fingerprint density at radius 2 is 1.90 bits per heavy atom. The van der Waals surface area contributed by atoms with Crippen molar-refractivity contribution >= 4 is 11.9 Å². The lowest BCUT2D eigenvalue weighted by atomic mass is 10.1. The molecule has 1 amide bonds. The van der Waals surface area contributed by atoms with Crippen molar-refractivity contribution in [2.75, 3.05) is 0 Å². The molecule has 0 aromatic heterocycles. The number of carbonyl (C=O) groups is 2. The molecule has 1 aromatic rings. The normalized spacial score (nSPS) is 21.4. The van der Waals surface area contributed by atoms with Crippen molar-refractivity contribution in [1.29, 1.82) is 0 Å². The fourth-order valence-electron chi connectivity index (χ4n) is 2.21. The van der Waals surface area contributed by atoms with E-state index in [1.807, 2.05) is 13.0 Å². The molecular formula is C15H19NO5. The molecular weight excluding hydrogens is 274 g/mol. The summed E-state index contributed by atoms with van der Waals surface area (Å²) in [5.74, 6) is -0.455. The second kappa shape index (κ2) is 6.47. The van der Waals surface area contributed by atoms with E-state index in [1.165, 1.54) is 0 Å². The molecule has 114 valence electrons. The molecule has 1 aliphatic rings. The third-order valence-electron chi connectivity index (χ3n) is 3.29. The fourth-order valence-corrected chi connectivity index (χ4v) is 2.21. The van der Waals surface area contributed by atoms with E-state index in [1.54, 1.807) is 25.1 Å². The molecule has 1 aromatic carbocycles. The molecule has 3 atom stereocenters. The smallest absolute Gasteiger partial charge is 0.326 e. The van der Waals surface area contributed by atoms with Crippen molar-refractivity contribution in [2.45, 2.75) is 44.9 Å². The second-order valence-electron chi connectivity index (χ2n) is 5.00. The highest BCUT2D eigenvalue weighted by Gasteiger charge is 2.35. The van der Waals surface area contributed by atoms with Crippen molar-refractivity contribution in [3.63, 3.8) is 0 Å². The van der Waals surface area contributed by atoms with Crippen LogP contribution >= 0.6 is 0 Å². The lowest BCUT2D eigenvalue weighted by molar-refractivity contribution is -0.144. The van der Waals surface area contributed by atoms with E-state index in [-0.39, 0.29) is 0 Å². The van der Waals surface area contributed by atoms with Gasteiger partial charge in [0, 0.05) is 0 Å². The maximum absolute atomic E-state index is 12.2. The minimum Gasteiger partial charge on any atom is -0.482 e. The molecule has 0 saturated heterocycles. The van der Waals surface area contributed by atoms with Gasteiger partial charge in [-0.05, 0) is 25.5 Å². The van der Waals surface area contributed by atoms with Crippen LogP contribution in [0.3, 0.4) is 0 Å². The molecule has 0 aliphatic carbocycles. The lowest BCUT2D eigenvalue weighted by Crippen LogP contribution is -2.53. The first-order valence-corrected chi connectivity index (χ1v) is 6.98. The second-order valence-corrected chi connectivity index (χ2v) is 5.00. The molecule has 1 aliphatic heterocycles. The van der Waals surface area contributed by atoms with Crippen molar-refractivity contribution in [3.05, 3.63) is 24.3 Å². The summed E-state index contributed by atoms with van der Waals surface area (Å²) in [6, 6.07) is 6.16. The minimum atomic E-state index is -1.05. The predicted octanol–water partition coefficient (Wildman–Crippen LogP) is 1.58. The maximum Gasteiger partial charge on any atom is 0.326 e. The molecule has 0 saturated carbocycles. The van der Waals surface area contributed by atoms with Crippen molar-refractivity contribution in [3.8, 4) is 11.5 Å². The summed E-state index contributed by atoms with van der Waals surface area (Å²) >= 11 is 0. The van der Waals surface area contributed by atoms with Crippen LogP contribution in [0.1, 0.15) is 26.7 Å². The number of carboxylic acids is 1. The van der Waals surface area contributed by atoms with E-state index >= 15 is 0 Å². The topological polar surface area (TPSA) is 84.9 Å². The summed E-state index contributed by atoms with van der Waals surface area (Å²) in [5.41, 5.74) is 0. The number of nitrogens with one attached hydrogen (secondary N) is 1. The quantitative estimate of drug-likeness (QED) is 0.861. The minimum absolute atomic E-state index is 0.375. The van der Waals surface area contributed by atoms with Crippen LogP contribution in [0.2, 0.25) is 0 Å². The van der Waals surface area contributed by atoms with Gasteiger partial charge in [0.25, 0.3) is 5.91 Å². The van der Waals surface area contributed by atoms with Crippen LogP contribution in [0.4, 0.5) is 0 Å². The molecule has 0 spiro atoms. The summed E-state index contributed by atoms with van der Waals surface area (Å²) in [6.45, 7) is 3.58. The monoisotopic (exact) mass is 293 g/mol. The number of rotatable bonds is 5. The molecule has 6 nitrogen and oxygen atoms in total. The Hall–Kier alpha value is -2.24. The van der Waals surface area contributed by atoms with Crippen LogP contribution in [0.5, 0.6) is 11.5 Å². The van der Waals surface area contributed by atoms with Gasteiger partial charge in [0.05, 0.1) is 0 Å². The Labute approximate surface area is 123 Å². The first-order valence-electron chi connectivity index (χ1n) is 6.98. The van der Waals surface area contributed by atoms with Gasteiger partial charge in [0.2, 0.25) is 6.10 Å². The Balaban J connectivity index is 2.07. The lowest BCUT2D eigenvalue weighted by Gasteiger charge is -2.31. The number of hydrogen-bond acceptors (Lipinski definition) is 4. The molecule has 0 radical (unpaired) electrons. The molecule has 1 heterocycles. The van der Waals surface area contributed by atoms with E-state index in [4.69, 9.17) is 14.6 Å². The molecule has 0 fully saturated rings. The van der Waals surface area contributed by atoms with Crippen LogP contribution in [-0.2, 0) is 9.59 Å². The average molecular weight is 293 g/mol. The van der Waals surface area contributed by atoms with Gasteiger partial charge in [-0.25, -0.2) is 4.79 Å². The van der Waals surface area contributed by atoms with Gasteiger partial charge in [0.15, 0.2) is 11.5 Å². The Bertz CT molecular complexity index is 531. The summed E-state index contributed by atoms with van der Waals surface area (Å²) in [4.78, 5) is 23.3. The van der Waals surface area contributed by atoms with E-state index in [0.717, 1.165) is 0 Å². The number of benzene rings is 1. The molecule has 21 heavy (non-hydrogen) atoms. The number of para-hydroxylation sites is 2. The first kappa shape index (κ1) is 15.2. The number of fused-ring (bicyclic) bond motifs is 1. The van der Waals surface area contributed by atoms with Crippen LogP contribution in [0, 0.1) is 0 Å². The zero-order chi connectivity index (χ0) is 15.4. The number of amides is 1. The van der Waals surface area contributed by atoms with Crippen molar-refractivity contribution < 1.29 is 24.2 Å². The predicted molar refractivity (Wildman–Crippen MR) is 75.4 cm³/mol. The number of hydrogen-bond donors (Lipinski definition) is 2. The van der Waals surface area contributed by atoms with Crippen LogP contribution in [0.25, 0.3) is 0 Å². The van der Waals surface area contributed by atoms with Crippen LogP contribution in [-0.4, -0.2) is 35.2 Å². The zero-order valence-electron chi connectivity index (χ0n) is 12.0. The number of carbonyl (C=O) groups excluding carboxylic acids is 1. The summed E-state index contributed by atoms with van der Waals surface area (Å²) < 4.78 is 11.3. The highest BCUT2D eigenvalue weighted by atomic mass is 16.6. The molecule has 0 bridgehead atoms. The largest absolute Gasteiger partial charge is 0.482 e. The zero-order valence-corrected chi connectivity index (χ0v) is 12.0. The van der Waals surface area contributed by atoms with Gasteiger partial charge in [-0.1, -0.05) is 25.5 Å². The van der Waals surface area contributed by atoms with Gasteiger partial charge in [0.1, 0.15) is 12.1 Å². The average Bonchev–Trinajstić information content (AvgIpc) is 2.45. The summed E-state index contributed by atoms with van der Waals surface area (Å²) in [6.07, 6.45) is -0.313. The highest BCUT2D eigenvalue weighted by molar-refractivity contribution is 5.87. The molecule has 2 N–H and O–H groups in total. The standard InChI is InChI=1S/C15H19NO5/c1-3-6-10(15(18)19)16-14(17)13-9(2)20-11-7-4-5-8-12(11)21-13/h4-5,7-10,13H,3,6H2,1-2H3,(H,16,17)(H,18,19)/t9-,10+,13-/m1/s1. The first-order chi connectivity index (χ1) is 10.0. The van der Waals surface area contributed by atoms with Gasteiger partial charge < -0.3 is 19.9 Å². The third-order valence-corrected chi connectivity index (χ3v) is 3.29. The summed E-state index contributed by atoms with van der Waals surface area (Å²) in [5, 5.41) is 11.6.